The Bertz CT molecular complexity index is 156. The van der Waals surface area contributed by atoms with Crippen LogP contribution in [0, 0.1) is 5.41 Å². The molecule has 0 spiro atoms. The standard InChI is InChI=1S/C11H23N/c1-7-10(3)12(6)9-11(4,5)8-2/h7H,8-9H2,1-6H3/b10-7+. The highest BCUT2D eigenvalue weighted by atomic mass is 15.1. The van der Waals surface area contributed by atoms with Crippen molar-refractivity contribution in [2.24, 2.45) is 5.41 Å². The molecule has 0 atom stereocenters. The van der Waals surface area contributed by atoms with Gasteiger partial charge in [0.15, 0.2) is 0 Å². The number of allylic oxidation sites excluding steroid dienone is 2. The highest BCUT2D eigenvalue weighted by Crippen LogP contribution is 2.21. The maximum Gasteiger partial charge on any atom is 0.0222 e. The van der Waals surface area contributed by atoms with Crippen molar-refractivity contribution >= 4 is 0 Å². The van der Waals surface area contributed by atoms with Gasteiger partial charge in [-0.2, -0.15) is 0 Å². The zero-order valence-corrected chi connectivity index (χ0v) is 9.44. The summed E-state index contributed by atoms with van der Waals surface area (Å²) in [5.41, 5.74) is 1.79. The Kier molecular flexibility index (Phi) is 4.36. The first-order chi connectivity index (χ1) is 5.43. The van der Waals surface area contributed by atoms with Crippen LogP contribution >= 0.6 is 0 Å². The average Bonchev–Trinajstić information content (AvgIpc) is 2.02. The summed E-state index contributed by atoms with van der Waals surface area (Å²) in [5, 5.41) is 0. The molecule has 0 amide bonds. The van der Waals surface area contributed by atoms with Crippen molar-refractivity contribution in [3.63, 3.8) is 0 Å². The summed E-state index contributed by atoms with van der Waals surface area (Å²) in [5.74, 6) is 0. The maximum atomic E-state index is 2.32. The van der Waals surface area contributed by atoms with E-state index in [9.17, 15) is 0 Å². The first kappa shape index (κ1) is 11.5. The molecule has 0 aliphatic carbocycles. The molecule has 0 heterocycles. The van der Waals surface area contributed by atoms with Gasteiger partial charge in [-0.05, 0) is 25.7 Å². The van der Waals surface area contributed by atoms with Gasteiger partial charge < -0.3 is 4.90 Å². The van der Waals surface area contributed by atoms with E-state index in [0.717, 1.165) is 6.54 Å². The molecule has 0 aromatic rings. The SMILES string of the molecule is C/C=C(\C)N(C)CC(C)(C)CC. The van der Waals surface area contributed by atoms with E-state index in [1.807, 2.05) is 0 Å². The summed E-state index contributed by atoms with van der Waals surface area (Å²) in [6.45, 7) is 12.3. The molecule has 0 saturated carbocycles. The molecule has 0 aliphatic heterocycles. The van der Waals surface area contributed by atoms with E-state index < -0.39 is 0 Å². The molecule has 0 fully saturated rings. The molecular formula is C11H23N. The lowest BCUT2D eigenvalue weighted by molar-refractivity contribution is 0.239. The molecule has 12 heavy (non-hydrogen) atoms. The van der Waals surface area contributed by atoms with Gasteiger partial charge in [0.05, 0.1) is 0 Å². The van der Waals surface area contributed by atoms with E-state index >= 15 is 0 Å². The average molecular weight is 169 g/mol. The zero-order chi connectivity index (χ0) is 9.78. The molecule has 0 bridgehead atoms. The molecule has 0 aromatic heterocycles. The van der Waals surface area contributed by atoms with Crippen LogP contribution in [0.3, 0.4) is 0 Å². The van der Waals surface area contributed by atoms with Crippen molar-refractivity contribution in [3.8, 4) is 0 Å². The Labute approximate surface area is 77.5 Å². The molecular weight excluding hydrogens is 146 g/mol. The molecule has 0 saturated heterocycles. The van der Waals surface area contributed by atoms with Gasteiger partial charge in [-0.3, -0.25) is 0 Å². The van der Waals surface area contributed by atoms with Crippen molar-refractivity contribution in [1.82, 2.24) is 4.90 Å². The number of rotatable bonds is 4. The predicted molar refractivity (Wildman–Crippen MR) is 56.1 cm³/mol. The second kappa shape index (κ2) is 4.54. The maximum absolute atomic E-state index is 2.32. The molecule has 0 aromatic carbocycles. The Hall–Kier alpha value is -0.460. The molecule has 0 aliphatic rings. The van der Waals surface area contributed by atoms with Crippen LogP contribution in [0.5, 0.6) is 0 Å². The molecule has 0 N–H and O–H groups in total. The van der Waals surface area contributed by atoms with Crippen LogP contribution in [0.1, 0.15) is 41.0 Å². The fourth-order valence-corrected chi connectivity index (χ4v) is 1.10. The third-order valence-corrected chi connectivity index (χ3v) is 2.64. The second-order valence-corrected chi connectivity index (χ2v) is 4.30. The van der Waals surface area contributed by atoms with Gasteiger partial charge in [0, 0.05) is 19.3 Å². The van der Waals surface area contributed by atoms with Gasteiger partial charge in [0.1, 0.15) is 0 Å². The van der Waals surface area contributed by atoms with E-state index in [1.54, 1.807) is 0 Å². The lowest BCUT2D eigenvalue weighted by atomic mass is 9.90. The first-order valence-corrected chi connectivity index (χ1v) is 4.77. The van der Waals surface area contributed by atoms with Crippen LogP contribution in [-0.2, 0) is 0 Å². The summed E-state index contributed by atoms with van der Waals surface area (Å²) in [7, 11) is 2.16. The van der Waals surface area contributed by atoms with E-state index in [4.69, 9.17) is 0 Å². The van der Waals surface area contributed by atoms with Gasteiger partial charge in [0.25, 0.3) is 0 Å². The highest BCUT2D eigenvalue weighted by Gasteiger charge is 2.17. The first-order valence-electron chi connectivity index (χ1n) is 4.77. The van der Waals surface area contributed by atoms with E-state index in [-0.39, 0.29) is 0 Å². The van der Waals surface area contributed by atoms with Crippen LogP contribution in [-0.4, -0.2) is 18.5 Å². The number of hydrogen-bond donors (Lipinski definition) is 0. The van der Waals surface area contributed by atoms with Crippen LogP contribution < -0.4 is 0 Å². The molecule has 0 unspecified atom stereocenters. The highest BCUT2D eigenvalue weighted by molar-refractivity contribution is 4.95. The van der Waals surface area contributed by atoms with Crippen molar-refractivity contribution in [2.75, 3.05) is 13.6 Å². The normalized spacial score (nSPS) is 13.3. The minimum atomic E-state index is 0.430. The third kappa shape index (κ3) is 3.80. The topological polar surface area (TPSA) is 3.24 Å². The Morgan fingerprint density at radius 2 is 1.92 bits per heavy atom. The molecule has 0 radical (unpaired) electrons. The van der Waals surface area contributed by atoms with E-state index in [1.165, 1.54) is 12.1 Å². The third-order valence-electron chi connectivity index (χ3n) is 2.64. The van der Waals surface area contributed by atoms with Crippen molar-refractivity contribution in [1.29, 1.82) is 0 Å². The summed E-state index contributed by atoms with van der Waals surface area (Å²) in [4.78, 5) is 2.32. The van der Waals surface area contributed by atoms with Gasteiger partial charge in [-0.15, -0.1) is 0 Å². The van der Waals surface area contributed by atoms with Gasteiger partial charge in [-0.25, -0.2) is 0 Å². The Balaban J connectivity index is 4.09. The minimum absolute atomic E-state index is 0.430. The largest absolute Gasteiger partial charge is 0.378 e. The molecule has 72 valence electrons. The summed E-state index contributed by atoms with van der Waals surface area (Å²) in [6.07, 6.45) is 3.39. The molecule has 0 rings (SSSR count). The zero-order valence-electron chi connectivity index (χ0n) is 9.44. The monoisotopic (exact) mass is 169 g/mol. The lowest BCUT2D eigenvalue weighted by Crippen LogP contribution is -2.29. The Morgan fingerprint density at radius 3 is 2.25 bits per heavy atom. The van der Waals surface area contributed by atoms with Crippen LogP contribution in [0.2, 0.25) is 0 Å². The fraction of sp³-hybridized carbons (Fsp3) is 0.818. The lowest BCUT2D eigenvalue weighted by Gasteiger charge is -2.31. The quantitative estimate of drug-likeness (QED) is 0.624. The van der Waals surface area contributed by atoms with Crippen molar-refractivity contribution in [2.45, 2.75) is 41.0 Å². The Morgan fingerprint density at radius 1 is 1.42 bits per heavy atom. The van der Waals surface area contributed by atoms with Crippen molar-refractivity contribution < 1.29 is 0 Å². The second-order valence-electron chi connectivity index (χ2n) is 4.30. The van der Waals surface area contributed by atoms with E-state index in [2.05, 4.69) is 52.6 Å². The summed E-state index contributed by atoms with van der Waals surface area (Å²) in [6, 6.07) is 0. The summed E-state index contributed by atoms with van der Waals surface area (Å²) < 4.78 is 0. The minimum Gasteiger partial charge on any atom is -0.378 e. The number of hydrogen-bond acceptors (Lipinski definition) is 1. The molecule has 1 heteroatoms. The smallest absolute Gasteiger partial charge is 0.0222 e. The van der Waals surface area contributed by atoms with Gasteiger partial charge >= 0.3 is 0 Å². The van der Waals surface area contributed by atoms with Gasteiger partial charge in [-0.1, -0.05) is 26.8 Å². The van der Waals surface area contributed by atoms with Crippen LogP contribution in [0.4, 0.5) is 0 Å². The van der Waals surface area contributed by atoms with Crippen LogP contribution in [0.25, 0.3) is 0 Å². The predicted octanol–water partition coefficient (Wildman–Crippen LogP) is 3.28. The number of nitrogens with zero attached hydrogens (tertiary/aromatic N) is 1. The summed E-state index contributed by atoms with van der Waals surface area (Å²) >= 11 is 0. The van der Waals surface area contributed by atoms with Gasteiger partial charge in [0.2, 0.25) is 0 Å². The van der Waals surface area contributed by atoms with Crippen LogP contribution in [0.15, 0.2) is 11.8 Å². The van der Waals surface area contributed by atoms with E-state index in [0.29, 0.717) is 5.41 Å². The van der Waals surface area contributed by atoms with Crippen molar-refractivity contribution in [3.05, 3.63) is 11.8 Å². The fourth-order valence-electron chi connectivity index (χ4n) is 1.10. The molecule has 1 nitrogen and oxygen atoms in total.